The van der Waals surface area contributed by atoms with Crippen LogP contribution < -0.4 is 16.2 Å². The average Bonchev–Trinajstić information content (AvgIpc) is 2.57. The Morgan fingerprint density at radius 3 is 2.12 bits per heavy atom. The maximum absolute atomic E-state index is 12.2. The highest BCUT2D eigenvalue weighted by molar-refractivity contribution is 5.99. The van der Waals surface area contributed by atoms with Gasteiger partial charge in [0.05, 0.1) is 5.69 Å². The first-order chi connectivity index (χ1) is 12.4. The number of carbonyl (C=O) groups is 1. The molecular formula is C20H20N4O2. The Bertz CT molecular complexity index is 987. The van der Waals surface area contributed by atoms with Gasteiger partial charge in [0, 0.05) is 30.1 Å². The third-order valence-electron chi connectivity index (χ3n) is 3.88. The van der Waals surface area contributed by atoms with Crippen molar-refractivity contribution in [3.63, 3.8) is 0 Å². The molecule has 0 saturated carbocycles. The fraction of sp³-hybridized carbons (Fsp3) is 0.150. The maximum Gasteiger partial charge on any atom is 0.323 e. The van der Waals surface area contributed by atoms with Crippen molar-refractivity contribution < 1.29 is 4.79 Å². The molecule has 0 atom stereocenters. The zero-order valence-electron chi connectivity index (χ0n) is 14.9. The molecule has 1 aromatic heterocycles. The zero-order valence-corrected chi connectivity index (χ0v) is 14.9. The second-order valence-corrected chi connectivity index (χ2v) is 6.21. The molecule has 2 N–H and O–H groups in total. The lowest BCUT2D eigenvalue weighted by Crippen LogP contribution is -2.19. The molecule has 6 heteroatoms. The van der Waals surface area contributed by atoms with E-state index in [1.165, 1.54) is 10.7 Å². The smallest absolute Gasteiger partial charge is 0.308 e. The molecule has 3 rings (SSSR count). The van der Waals surface area contributed by atoms with Crippen molar-refractivity contribution in [2.24, 2.45) is 7.05 Å². The van der Waals surface area contributed by atoms with Crippen LogP contribution in [-0.4, -0.2) is 15.8 Å². The summed E-state index contributed by atoms with van der Waals surface area (Å²) in [7, 11) is 1.61. The third kappa shape index (κ3) is 4.16. The van der Waals surface area contributed by atoms with Crippen molar-refractivity contribution in [2.45, 2.75) is 13.8 Å². The van der Waals surface area contributed by atoms with Gasteiger partial charge in [0.15, 0.2) is 0 Å². The van der Waals surface area contributed by atoms with E-state index < -0.39 is 0 Å². The summed E-state index contributed by atoms with van der Waals surface area (Å²) in [6.45, 7) is 3.98. The molecule has 6 nitrogen and oxygen atoms in total. The van der Waals surface area contributed by atoms with Gasteiger partial charge in [-0.25, -0.2) is 9.48 Å². The molecular weight excluding hydrogens is 328 g/mol. The number of nitrogens with zero attached hydrogens (tertiary/aromatic N) is 2. The Morgan fingerprint density at radius 2 is 1.50 bits per heavy atom. The summed E-state index contributed by atoms with van der Waals surface area (Å²) in [5, 5.41) is 9.84. The van der Waals surface area contributed by atoms with Crippen LogP contribution >= 0.6 is 0 Å². The molecule has 0 bridgehead atoms. The van der Waals surface area contributed by atoms with E-state index in [0.717, 1.165) is 22.4 Å². The molecule has 2 aromatic carbocycles. The predicted molar refractivity (Wildman–Crippen MR) is 103 cm³/mol. The van der Waals surface area contributed by atoms with E-state index in [4.69, 9.17) is 0 Å². The maximum atomic E-state index is 12.2. The Kier molecular flexibility index (Phi) is 4.84. The van der Waals surface area contributed by atoms with E-state index >= 15 is 0 Å². The van der Waals surface area contributed by atoms with Crippen LogP contribution in [-0.2, 0) is 7.05 Å². The molecule has 0 radical (unpaired) electrons. The van der Waals surface area contributed by atoms with Crippen LogP contribution in [0.25, 0.3) is 11.3 Å². The summed E-state index contributed by atoms with van der Waals surface area (Å²) in [6.07, 6.45) is 0. The number of anilines is 2. The molecule has 3 aromatic rings. The number of carbonyl (C=O) groups excluding carboxylic acids is 1. The third-order valence-corrected chi connectivity index (χ3v) is 3.88. The molecule has 1 heterocycles. The molecule has 0 fully saturated rings. The minimum absolute atomic E-state index is 0.157. The monoisotopic (exact) mass is 348 g/mol. The van der Waals surface area contributed by atoms with Crippen LogP contribution in [0.3, 0.4) is 0 Å². The van der Waals surface area contributed by atoms with Crippen molar-refractivity contribution in [1.29, 1.82) is 0 Å². The summed E-state index contributed by atoms with van der Waals surface area (Å²) in [6, 6.07) is 16.0. The first-order valence-corrected chi connectivity index (χ1v) is 8.22. The van der Waals surface area contributed by atoms with Crippen molar-refractivity contribution >= 4 is 17.4 Å². The summed E-state index contributed by atoms with van der Waals surface area (Å²) < 4.78 is 1.29. The fourth-order valence-corrected chi connectivity index (χ4v) is 2.72. The number of aryl methyl sites for hydroxylation is 3. The Hall–Kier alpha value is -3.41. The van der Waals surface area contributed by atoms with Gasteiger partial charge in [-0.1, -0.05) is 18.2 Å². The second kappa shape index (κ2) is 7.23. The van der Waals surface area contributed by atoms with Gasteiger partial charge in [0.1, 0.15) is 0 Å². The van der Waals surface area contributed by atoms with Gasteiger partial charge >= 0.3 is 6.03 Å². The summed E-state index contributed by atoms with van der Waals surface area (Å²) in [5.74, 6) is 0. The highest BCUT2D eigenvalue weighted by Gasteiger charge is 2.05. The number of amides is 2. The summed E-state index contributed by atoms with van der Waals surface area (Å²) >= 11 is 0. The quantitative estimate of drug-likeness (QED) is 0.757. The standard InChI is InChI=1S/C20H20N4O2/c1-13-10-14(2)12-17(11-13)22-20(26)21-16-6-4-15(5-7-16)18-8-9-19(25)24(3)23-18/h4-12H,1-3H3,(H2,21,22,26). The topological polar surface area (TPSA) is 76.0 Å². The first kappa shape index (κ1) is 17.4. The lowest BCUT2D eigenvalue weighted by molar-refractivity contribution is 0.262. The van der Waals surface area contributed by atoms with Crippen LogP contribution in [0.2, 0.25) is 0 Å². The van der Waals surface area contributed by atoms with Crippen LogP contribution in [0.1, 0.15) is 11.1 Å². The van der Waals surface area contributed by atoms with Gasteiger partial charge in [-0.15, -0.1) is 0 Å². The van der Waals surface area contributed by atoms with Crippen molar-refractivity contribution in [1.82, 2.24) is 9.78 Å². The Morgan fingerprint density at radius 1 is 0.885 bits per heavy atom. The molecule has 0 saturated heterocycles. The predicted octanol–water partition coefficient (Wildman–Crippen LogP) is 3.71. The highest BCUT2D eigenvalue weighted by atomic mass is 16.2. The van der Waals surface area contributed by atoms with Crippen molar-refractivity contribution in [2.75, 3.05) is 10.6 Å². The number of nitrogens with one attached hydrogen (secondary N) is 2. The van der Waals surface area contributed by atoms with E-state index in [-0.39, 0.29) is 11.6 Å². The normalized spacial score (nSPS) is 10.4. The number of benzene rings is 2. The second-order valence-electron chi connectivity index (χ2n) is 6.21. The zero-order chi connectivity index (χ0) is 18.7. The number of aromatic nitrogens is 2. The summed E-state index contributed by atoms with van der Waals surface area (Å²) in [4.78, 5) is 23.6. The van der Waals surface area contributed by atoms with Gasteiger partial charge in [0.2, 0.25) is 0 Å². The molecule has 0 spiro atoms. The van der Waals surface area contributed by atoms with E-state index in [1.807, 2.05) is 38.1 Å². The average molecular weight is 348 g/mol. The fourth-order valence-electron chi connectivity index (χ4n) is 2.72. The number of hydrogen-bond acceptors (Lipinski definition) is 3. The lowest BCUT2D eigenvalue weighted by atomic mass is 10.1. The molecule has 0 aliphatic rings. The molecule has 0 aliphatic heterocycles. The Labute approximate surface area is 151 Å². The van der Waals surface area contributed by atoms with Gasteiger partial charge in [-0.2, -0.15) is 5.10 Å². The molecule has 0 unspecified atom stereocenters. The first-order valence-electron chi connectivity index (χ1n) is 8.22. The highest BCUT2D eigenvalue weighted by Crippen LogP contribution is 2.19. The summed E-state index contributed by atoms with van der Waals surface area (Å²) in [5.41, 5.74) is 5.00. The minimum atomic E-state index is -0.303. The largest absolute Gasteiger partial charge is 0.323 e. The van der Waals surface area contributed by atoms with Crippen LogP contribution in [0.5, 0.6) is 0 Å². The SMILES string of the molecule is Cc1cc(C)cc(NC(=O)Nc2ccc(-c3ccc(=O)n(C)n3)cc2)c1. The van der Waals surface area contributed by atoms with Gasteiger partial charge in [-0.05, 0) is 55.3 Å². The molecule has 26 heavy (non-hydrogen) atoms. The number of hydrogen-bond donors (Lipinski definition) is 2. The van der Waals surface area contributed by atoms with E-state index in [9.17, 15) is 9.59 Å². The Balaban J connectivity index is 1.69. The minimum Gasteiger partial charge on any atom is -0.308 e. The molecule has 132 valence electrons. The van der Waals surface area contributed by atoms with Crippen LogP contribution in [0.15, 0.2) is 59.4 Å². The van der Waals surface area contributed by atoms with Gasteiger partial charge < -0.3 is 10.6 Å². The van der Waals surface area contributed by atoms with Crippen molar-refractivity contribution in [3.8, 4) is 11.3 Å². The number of urea groups is 1. The molecule has 0 aliphatic carbocycles. The van der Waals surface area contributed by atoms with E-state index in [2.05, 4.69) is 21.8 Å². The van der Waals surface area contributed by atoms with Crippen molar-refractivity contribution in [3.05, 3.63) is 76.1 Å². The number of rotatable bonds is 3. The lowest BCUT2D eigenvalue weighted by Gasteiger charge is -2.10. The van der Waals surface area contributed by atoms with Crippen LogP contribution in [0, 0.1) is 13.8 Å². The van der Waals surface area contributed by atoms with Crippen LogP contribution in [0.4, 0.5) is 16.2 Å². The van der Waals surface area contributed by atoms with Gasteiger partial charge in [-0.3, -0.25) is 4.79 Å². The van der Waals surface area contributed by atoms with E-state index in [1.54, 1.807) is 25.2 Å². The molecule has 2 amide bonds. The van der Waals surface area contributed by atoms with E-state index in [0.29, 0.717) is 11.4 Å². The van der Waals surface area contributed by atoms with Gasteiger partial charge in [0.25, 0.3) is 5.56 Å².